The number of likely N-dealkylation sites (tertiary alicyclic amines) is 1. The van der Waals surface area contributed by atoms with Crippen LogP contribution in [-0.4, -0.2) is 34.6 Å². The van der Waals surface area contributed by atoms with E-state index in [4.69, 9.17) is 11.0 Å². The predicted octanol–water partition coefficient (Wildman–Crippen LogP) is 0.370. The fourth-order valence-electron chi connectivity index (χ4n) is 2.40. The Balaban J connectivity index is 2.02. The maximum Gasteiger partial charge on any atom is 0.250 e. The van der Waals surface area contributed by atoms with Crippen LogP contribution in [0.25, 0.3) is 0 Å². The van der Waals surface area contributed by atoms with E-state index in [2.05, 4.69) is 6.07 Å². The molecule has 0 bridgehead atoms. The highest BCUT2D eigenvalue weighted by Gasteiger charge is 2.38. The minimum atomic E-state index is -1.41. The largest absolute Gasteiger partial charge is 0.379 e. The Labute approximate surface area is 112 Å². The Bertz CT molecular complexity index is 506. The van der Waals surface area contributed by atoms with E-state index >= 15 is 0 Å². The predicted molar refractivity (Wildman–Crippen MR) is 69.8 cm³/mol. The lowest BCUT2D eigenvalue weighted by molar-refractivity contribution is -0.142. The Hall–Kier alpha value is -1.90. The van der Waals surface area contributed by atoms with Crippen LogP contribution in [0.2, 0.25) is 0 Å². The Morgan fingerprint density at radius 2 is 2.16 bits per heavy atom. The number of aliphatic hydroxyl groups is 1. The van der Waals surface area contributed by atoms with Gasteiger partial charge in [0.15, 0.2) is 5.60 Å². The van der Waals surface area contributed by atoms with Gasteiger partial charge in [0.05, 0.1) is 11.6 Å². The zero-order chi connectivity index (χ0) is 13.9. The van der Waals surface area contributed by atoms with Gasteiger partial charge in [-0.15, -0.1) is 0 Å². The number of nitrogens with two attached hydrogens (primary N) is 1. The van der Waals surface area contributed by atoms with E-state index in [1.165, 1.54) is 0 Å². The highest BCUT2D eigenvalue weighted by Crippen LogP contribution is 2.22. The molecule has 0 aromatic heterocycles. The van der Waals surface area contributed by atoms with Crippen LogP contribution in [-0.2, 0) is 11.3 Å². The maximum absolute atomic E-state index is 11.3. The summed E-state index contributed by atoms with van der Waals surface area (Å²) in [5.41, 5.74) is 5.50. The lowest BCUT2D eigenvalue weighted by atomic mass is 9.92. The molecule has 1 aromatic carbocycles. The number of rotatable bonds is 3. The molecular weight excluding hydrogens is 242 g/mol. The van der Waals surface area contributed by atoms with Crippen LogP contribution in [0.15, 0.2) is 24.3 Å². The zero-order valence-electron chi connectivity index (χ0n) is 10.7. The first-order valence-electron chi connectivity index (χ1n) is 6.27. The highest BCUT2D eigenvalue weighted by atomic mass is 16.3. The van der Waals surface area contributed by atoms with Crippen LogP contribution < -0.4 is 5.73 Å². The smallest absolute Gasteiger partial charge is 0.250 e. The Kier molecular flexibility index (Phi) is 3.84. The molecule has 0 saturated carbocycles. The van der Waals surface area contributed by atoms with Crippen LogP contribution in [0, 0.1) is 11.3 Å². The number of nitriles is 1. The molecule has 1 aliphatic rings. The number of carbonyl (C=O) groups is 1. The molecule has 0 spiro atoms. The van der Waals surface area contributed by atoms with Crippen molar-refractivity contribution in [3.63, 3.8) is 0 Å². The fraction of sp³-hybridized carbons (Fsp3) is 0.429. The van der Waals surface area contributed by atoms with Crippen LogP contribution in [0.5, 0.6) is 0 Å². The fourth-order valence-corrected chi connectivity index (χ4v) is 2.40. The summed E-state index contributed by atoms with van der Waals surface area (Å²) in [5, 5.41) is 18.9. The van der Waals surface area contributed by atoms with Crippen molar-refractivity contribution in [2.75, 3.05) is 13.1 Å². The molecule has 1 aliphatic heterocycles. The molecule has 3 N–H and O–H groups in total. The summed E-state index contributed by atoms with van der Waals surface area (Å²) in [4.78, 5) is 13.3. The molecule has 19 heavy (non-hydrogen) atoms. The van der Waals surface area contributed by atoms with E-state index < -0.39 is 11.5 Å². The van der Waals surface area contributed by atoms with Gasteiger partial charge in [0.2, 0.25) is 0 Å². The summed E-state index contributed by atoms with van der Waals surface area (Å²) in [6, 6.07) is 9.37. The van der Waals surface area contributed by atoms with Crippen molar-refractivity contribution in [3.8, 4) is 6.07 Å². The second-order valence-electron chi connectivity index (χ2n) is 5.02. The Morgan fingerprint density at radius 1 is 1.47 bits per heavy atom. The molecule has 5 nitrogen and oxygen atoms in total. The summed E-state index contributed by atoms with van der Waals surface area (Å²) >= 11 is 0. The lowest BCUT2D eigenvalue weighted by Gasteiger charge is -2.37. The molecule has 1 saturated heterocycles. The first-order chi connectivity index (χ1) is 9.03. The number of hydrogen-bond acceptors (Lipinski definition) is 4. The summed E-state index contributed by atoms with van der Waals surface area (Å²) in [6.07, 6.45) is 1.17. The SMILES string of the molecule is N#Cc1ccc(CN2CCCC(O)(C(N)=O)C2)cc1. The summed E-state index contributed by atoms with van der Waals surface area (Å²) in [7, 11) is 0. The van der Waals surface area contributed by atoms with Crippen molar-refractivity contribution in [2.24, 2.45) is 5.73 Å². The number of primary amides is 1. The minimum absolute atomic E-state index is 0.266. The zero-order valence-corrected chi connectivity index (χ0v) is 10.7. The van der Waals surface area contributed by atoms with E-state index in [1.54, 1.807) is 12.1 Å². The van der Waals surface area contributed by atoms with Crippen LogP contribution in [0.3, 0.4) is 0 Å². The third kappa shape index (κ3) is 3.11. The molecule has 1 fully saturated rings. The number of carbonyl (C=O) groups excluding carboxylic acids is 1. The molecule has 1 amide bonds. The van der Waals surface area contributed by atoms with Gasteiger partial charge in [-0.25, -0.2) is 0 Å². The van der Waals surface area contributed by atoms with Crippen molar-refractivity contribution in [1.29, 1.82) is 5.26 Å². The van der Waals surface area contributed by atoms with Gasteiger partial charge in [0.25, 0.3) is 5.91 Å². The van der Waals surface area contributed by atoms with Gasteiger partial charge < -0.3 is 10.8 Å². The van der Waals surface area contributed by atoms with Gasteiger partial charge in [-0.3, -0.25) is 9.69 Å². The molecule has 1 atom stereocenters. The summed E-state index contributed by atoms with van der Waals surface area (Å²) in [6.45, 7) is 1.74. The van der Waals surface area contributed by atoms with Gasteiger partial charge in [0, 0.05) is 13.1 Å². The number of nitrogens with zero attached hydrogens (tertiary/aromatic N) is 2. The molecule has 5 heteroatoms. The third-order valence-electron chi connectivity index (χ3n) is 3.50. The summed E-state index contributed by atoms with van der Waals surface area (Å²) < 4.78 is 0. The monoisotopic (exact) mass is 259 g/mol. The topological polar surface area (TPSA) is 90.3 Å². The second-order valence-corrected chi connectivity index (χ2v) is 5.02. The molecular formula is C14H17N3O2. The molecule has 0 radical (unpaired) electrons. The minimum Gasteiger partial charge on any atom is -0.379 e. The van der Waals surface area contributed by atoms with Crippen molar-refractivity contribution < 1.29 is 9.90 Å². The molecule has 0 aliphatic carbocycles. The third-order valence-corrected chi connectivity index (χ3v) is 3.50. The van der Waals surface area contributed by atoms with E-state index in [0.29, 0.717) is 18.5 Å². The number of β-amino-alcohol motifs (C(OH)–C–C–N with tert-alkyl or cyclic N) is 1. The van der Waals surface area contributed by atoms with E-state index in [0.717, 1.165) is 18.5 Å². The quantitative estimate of drug-likeness (QED) is 0.820. The molecule has 1 heterocycles. The highest BCUT2D eigenvalue weighted by molar-refractivity contribution is 5.83. The van der Waals surface area contributed by atoms with Crippen molar-refractivity contribution in [3.05, 3.63) is 35.4 Å². The normalized spacial score (nSPS) is 23.8. The van der Waals surface area contributed by atoms with Gasteiger partial charge in [-0.05, 0) is 37.1 Å². The number of piperidine rings is 1. The average Bonchev–Trinajstić information content (AvgIpc) is 2.39. The standard InChI is InChI=1S/C14H17N3O2/c15-8-11-2-4-12(5-3-11)9-17-7-1-6-14(19,10-17)13(16)18/h2-5,19H,1,6-7,9-10H2,(H2,16,18). The lowest BCUT2D eigenvalue weighted by Crippen LogP contribution is -2.55. The molecule has 100 valence electrons. The number of amides is 1. The summed E-state index contributed by atoms with van der Waals surface area (Å²) in [5.74, 6) is -0.656. The van der Waals surface area contributed by atoms with Crippen molar-refractivity contribution in [2.45, 2.75) is 25.0 Å². The van der Waals surface area contributed by atoms with Gasteiger partial charge in [-0.1, -0.05) is 12.1 Å². The van der Waals surface area contributed by atoms with Crippen LogP contribution in [0.1, 0.15) is 24.0 Å². The van der Waals surface area contributed by atoms with Crippen molar-refractivity contribution in [1.82, 2.24) is 4.90 Å². The van der Waals surface area contributed by atoms with Gasteiger partial charge in [0.1, 0.15) is 0 Å². The molecule has 1 aromatic rings. The first kappa shape index (κ1) is 13.5. The average molecular weight is 259 g/mol. The Morgan fingerprint density at radius 3 is 2.74 bits per heavy atom. The first-order valence-corrected chi connectivity index (χ1v) is 6.27. The number of benzene rings is 1. The van der Waals surface area contributed by atoms with Gasteiger partial charge in [-0.2, -0.15) is 5.26 Å². The molecule has 2 rings (SSSR count). The van der Waals surface area contributed by atoms with E-state index in [1.807, 2.05) is 17.0 Å². The van der Waals surface area contributed by atoms with E-state index in [-0.39, 0.29) is 6.54 Å². The van der Waals surface area contributed by atoms with E-state index in [9.17, 15) is 9.90 Å². The second kappa shape index (κ2) is 5.39. The molecule has 1 unspecified atom stereocenters. The van der Waals surface area contributed by atoms with Gasteiger partial charge >= 0.3 is 0 Å². The van der Waals surface area contributed by atoms with Crippen molar-refractivity contribution >= 4 is 5.91 Å². The number of hydrogen-bond donors (Lipinski definition) is 2. The van der Waals surface area contributed by atoms with Crippen LogP contribution in [0.4, 0.5) is 0 Å². The maximum atomic E-state index is 11.3. The van der Waals surface area contributed by atoms with Crippen LogP contribution >= 0.6 is 0 Å².